The molecule has 0 bridgehead atoms. The summed E-state index contributed by atoms with van der Waals surface area (Å²) in [6.07, 6.45) is 5.08. The number of nitrogens with zero attached hydrogens (tertiary/aromatic N) is 4. The van der Waals surface area contributed by atoms with Gasteiger partial charge in [-0.3, -0.25) is 9.59 Å². The third-order valence-corrected chi connectivity index (χ3v) is 4.48. The van der Waals surface area contributed by atoms with E-state index in [-0.39, 0.29) is 5.56 Å². The normalized spacial score (nSPS) is 10.9. The van der Waals surface area contributed by atoms with Gasteiger partial charge in [-0.25, -0.2) is 14.6 Å². The minimum atomic E-state index is -0.431. The minimum Gasteiger partial charge on any atom is -0.383 e. The number of carbonyl (C=O) groups is 1. The molecule has 148 valence electrons. The van der Waals surface area contributed by atoms with Crippen LogP contribution in [-0.4, -0.2) is 63.7 Å². The van der Waals surface area contributed by atoms with Crippen molar-refractivity contribution in [1.82, 2.24) is 30.0 Å². The zero-order valence-electron chi connectivity index (χ0n) is 15.6. The number of ether oxygens (including phenoxy) is 1. The van der Waals surface area contributed by atoms with Gasteiger partial charge >= 0.3 is 0 Å². The third-order valence-electron chi connectivity index (χ3n) is 3.93. The molecule has 0 radical (unpaired) electrons. The molecule has 11 heteroatoms. The molecule has 0 aromatic carbocycles. The maximum atomic E-state index is 12.1. The summed E-state index contributed by atoms with van der Waals surface area (Å²) in [5.41, 5.74) is 0.323. The van der Waals surface area contributed by atoms with Crippen LogP contribution in [0.15, 0.2) is 34.5 Å². The lowest BCUT2D eigenvalue weighted by Gasteiger charge is -2.09. The van der Waals surface area contributed by atoms with Gasteiger partial charge in [0.05, 0.1) is 24.7 Å². The SMILES string of the molecule is COCCNc1nc(SC)nc2c1cnn2CCNC(=O)c1ccc[nH]c1=O. The standard InChI is InChI=1S/C17H21N7O3S/c1-27-9-7-18-13-12-10-21-24(14(12)23-17(22-13)28-2)8-6-20-16(26)11-4-3-5-19-15(11)25/h3-5,10H,6-9H2,1-2H3,(H,19,25)(H,20,26)(H,18,22,23). The number of aromatic amines is 1. The van der Waals surface area contributed by atoms with E-state index in [1.54, 1.807) is 24.1 Å². The van der Waals surface area contributed by atoms with Gasteiger partial charge in [-0.1, -0.05) is 11.8 Å². The highest BCUT2D eigenvalue weighted by molar-refractivity contribution is 7.98. The number of carbonyl (C=O) groups excluding carboxylic acids is 1. The molecule has 0 saturated carbocycles. The number of methoxy groups -OCH3 is 1. The summed E-state index contributed by atoms with van der Waals surface area (Å²) in [5.74, 6) is 0.261. The second-order valence-electron chi connectivity index (χ2n) is 5.75. The van der Waals surface area contributed by atoms with Crippen molar-refractivity contribution in [2.75, 3.05) is 38.4 Å². The molecule has 28 heavy (non-hydrogen) atoms. The van der Waals surface area contributed by atoms with Crippen molar-refractivity contribution < 1.29 is 9.53 Å². The van der Waals surface area contributed by atoms with Crippen LogP contribution >= 0.6 is 11.8 Å². The van der Waals surface area contributed by atoms with Crippen molar-refractivity contribution in [1.29, 1.82) is 0 Å². The van der Waals surface area contributed by atoms with Gasteiger partial charge in [0.15, 0.2) is 10.8 Å². The van der Waals surface area contributed by atoms with Crippen LogP contribution < -0.4 is 16.2 Å². The number of pyridine rings is 1. The number of anilines is 1. The molecule has 0 aliphatic heterocycles. The smallest absolute Gasteiger partial charge is 0.260 e. The summed E-state index contributed by atoms with van der Waals surface area (Å²) in [5, 5.41) is 11.7. The van der Waals surface area contributed by atoms with Gasteiger partial charge in [-0.15, -0.1) is 0 Å². The Bertz CT molecular complexity index is 1020. The van der Waals surface area contributed by atoms with Crippen molar-refractivity contribution in [3.63, 3.8) is 0 Å². The van der Waals surface area contributed by atoms with E-state index in [1.165, 1.54) is 24.0 Å². The number of fused-ring (bicyclic) bond motifs is 1. The average Bonchev–Trinajstić information content (AvgIpc) is 3.11. The lowest BCUT2D eigenvalue weighted by molar-refractivity contribution is 0.0950. The average molecular weight is 403 g/mol. The number of hydrogen-bond donors (Lipinski definition) is 3. The van der Waals surface area contributed by atoms with Gasteiger partial charge in [0.1, 0.15) is 11.4 Å². The Kier molecular flexibility index (Phi) is 6.61. The molecule has 1 amide bonds. The molecule has 3 aromatic rings. The zero-order valence-corrected chi connectivity index (χ0v) is 16.4. The Morgan fingerprint density at radius 3 is 2.96 bits per heavy atom. The quantitative estimate of drug-likeness (QED) is 0.271. The van der Waals surface area contributed by atoms with Crippen molar-refractivity contribution in [2.45, 2.75) is 11.7 Å². The highest BCUT2D eigenvalue weighted by Crippen LogP contribution is 2.23. The Balaban J connectivity index is 1.73. The van der Waals surface area contributed by atoms with E-state index in [0.717, 1.165) is 5.39 Å². The van der Waals surface area contributed by atoms with Crippen LogP contribution in [0.2, 0.25) is 0 Å². The molecule has 0 aliphatic carbocycles. The van der Waals surface area contributed by atoms with E-state index >= 15 is 0 Å². The maximum absolute atomic E-state index is 12.1. The van der Waals surface area contributed by atoms with Crippen molar-refractivity contribution >= 4 is 34.5 Å². The molecule has 0 fully saturated rings. The van der Waals surface area contributed by atoms with Gasteiger partial charge in [0.2, 0.25) is 0 Å². The molecular formula is C17H21N7O3S. The molecule has 10 nitrogen and oxygen atoms in total. The van der Waals surface area contributed by atoms with Crippen molar-refractivity contribution in [2.24, 2.45) is 0 Å². The summed E-state index contributed by atoms with van der Waals surface area (Å²) in [6, 6.07) is 3.09. The van der Waals surface area contributed by atoms with Crippen molar-refractivity contribution in [3.05, 3.63) is 40.4 Å². The van der Waals surface area contributed by atoms with Gasteiger partial charge in [-0.05, 0) is 18.4 Å². The van der Waals surface area contributed by atoms with Gasteiger partial charge in [0.25, 0.3) is 11.5 Å². The Hall–Kier alpha value is -2.92. The topological polar surface area (TPSA) is 127 Å². The monoisotopic (exact) mass is 403 g/mol. The summed E-state index contributed by atoms with van der Waals surface area (Å²) < 4.78 is 6.76. The van der Waals surface area contributed by atoms with Crippen LogP contribution in [0.1, 0.15) is 10.4 Å². The number of H-pyrrole nitrogens is 1. The molecule has 0 aliphatic rings. The van der Waals surface area contributed by atoms with Gasteiger partial charge in [0, 0.05) is 26.4 Å². The summed E-state index contributed by atoms with van der Waals surface area (Å²) >= 11 is 1.43. The fourth-order valence-corrected chi connectivity index (χ4v) is 2.93. The first kappa shape index (κ1) is 19.8. The van der Waals surface area contributed by atoms with Gasteiger partial charge in [-0.2, -0.15) is 5.10 Å². The predicted molar refractivity (Wildman–Crippen MR) is 107 cm³/mol. The van der Waals surface area contributed by atoms with Crippen LogP contribution in [0.25, 0.3) is 11.0 Å². The summed E-state index contributed by atoms with van der Waals surface area (Å²) in [6.45, 7) is 1.87. The molecule has 0 atom stereocenters. The molecule has 0 unspecified atom stereocenters. The zero-order chi connectivity index (χ0) is 19.9. The summed E-state index contributed by atoms with van der Waals surface area (Å²) in [7, 11) is 1.64. The highest BCUT2D eigenvalue weighted by atomic mass is 32.2. The maximum Gasteiger partial charge on any atom is 0.260 e. The Morgan fingerprint density at radius 1 is 1.36 bits per heavy atom. The number of thioether (sulfide) groups is 1. The van der Waals surface area contributed by atoms with Crippen molar-refractivity contribution in [3.8, 4) is 0 Å². The lowest BCUT2D eigenvalue weighted by Crippen LogP contribution is -2.31. The molecule has 3 N–H and O–H groups in total. The van der Waals surface area contributed by atoms with E-state index in [4.69, 9.17) is 4.74 Å². The van der Waals surface area contributed by atoms with E-state index in [9.17, 15) is 9.59 Å². The summed E-state index contributed by atoms with van der Waals surface area (Å²) in [4.78, 5) is 35.3. The Labute approximate surface area is 165 Å². The second kappa shape index (κ2) is 9.33. The lowest BCUT2D eigenvalue weighted by atomic mass is 10.2. The minimum absolute atomic E-state index is 0.0736. The van der Waals surface area contributed by atoms with Gasteiger partial charge < -0.3 is 20.4 Å². The second-order valence-corrected chi connectivity index (χ2v) is 6.53. The number of nitrogens with one attached hydrogen (secondary N) is 3. The first-order valence-electron chi connectivity index (χ1n) is 8.60. The number of hydrogen-bond acceptors (Lipinski definition) is 8. The van der Waals surface area contributed by atoms with Crippen LogP contribution in [0.3, 0.4) is 0 Å². The predicted octanol–water partition coefficient (Wildman–Crippen LogP) is 0.725. The fraction of sp³-hybridized carbons (Fsp3) is 0.353. The number of aromatic nitrogens is 5. The van der Waals surface area contributed by atoms with Crippen LogP contribution in [0, 0.1) is 0 Å². The molecule has 3 rings (SSSR count). The largest absolute Gasteiger partial charge is 0.383 e. The first-order valence-corrected chi connectivity index (χ1v) is 9.82. The van der Waals surface area contributed by atoms with Crippen LogP contribution in [0.4, 0.5) is 5.82 Å². The molecule has 0 saturated heterocycles. The number of rotatable bonds is 9. The van der Waals surface area contributed by atoms with E-state index in [0.29, 0.717) is 42.9 Å². The highest BCUT2D eigenvalue weighted by Gasteiger charge is 2.13. The first-order chi connectivity index (χ1) is 13.6. The van der Waals surface area contributed by atoms with E-state index < -0.39 is 11.5 Å². The molecule has 3 heterocycles. The Morgan fingerprint density at radius 2 is 2.21 bits per heavy atom. The number of amides is 1. The molecular weight excluding hydrogens is 382 g/mol. The fourth-order valence-electron chi connectivity index (χ4n) is 2.57. The third kappa shape index (κ3) is 4.49. The van der Waals surface area contributed by atoms with Crippen LogP contribution in [-0.2, 0) is 11.3 Å². The van der Waals surface area contributed by atoms with E-state index in [2.05, 4.69) is 30.7 Å². The van der Waals surface area contributed by atoms with Crippen LogP contribution in [0.5, 0.6) is 0 Å². The molecule has 3 aromatic heterocycles. The van der Waals surface area contributed by atoms with E-state index in [1.807, 2.05) is 6.26 Å². The molecule has 0 spiro atoms.